The number of nitrogens with two attached hydrogens (primary N) is 1. The first-order chi connectivity index (χ1) is 17.9. The molecule has 1 saturated heterocycles. The second-order valence-corrected chi connectivity index (χ2v) is 10.1. The Bertz CT molecular complexity index is 1250. The Morgan fingerprint density at radius 3 is 2.62 bits per heavy atom. The molecule has 5 rings (SSSR count). The van der Waals surface area contributed by atoms with Gasteiger partial charge in [0.2, 0.25) is 0 Å². The Hall–Kier alpha value is -3.44. The van der Waals surface area contributed by atoms with Crippen molar-refractivity contribution in [1.29, 1.82) is 0 Å². The Morgan fingerprint density at radius 2 is 1.95 bits per heavy atom. The molecule has 2 fully saturated rings. The van der Waals surface area contributed by atoms with Crippen molar-refractivity contribution >= 4 is 28.6 Å². The molecule has 11 heteroatoms. The molecule has 2 aliphatic rings. The highest BCUT2D eigenvalue weighted by Gasteiger charge is 2.24. The minimum atomic E-state index is -0.474. The van der Waals surface area contributed by atoms with Gasteiger partial charge in [-0.2, -0.15) is 5.10 Å². The average Bonchev–Trinajstić information content (AvgIpc) is 3.25. The number of nitrogens with zero attached hydrogens (tertiary/aromatic N) is 6. The average molecular weight is 509 g/mol. The Morgan fingerprint density at radius 1 is 1.16 bits per heavy atom. The summed E-state index contributed by atoms with van der Waals surface area (Å²) in [6.45, 7) is 3.72. The van der Waals surface area contributed by atoms with Crippen LogP contribution in [0.5, 0.6) is 5.75 Å². The van der Waals surface area contributed by atoms with Crippen LogP contribution < -0.4 is 15.8 Å². The first-order valence-electron chi connectivity index (χ1n) is 12.9. The maximum atomic E-state index is 12.3. The lowest BCUT2D eigenvalue weighted by Gasteiger charge is -2.35. The molecule has 1 amide bonds. The van der Waals surface area contributed by atoms with E-state index in [9.17, 15) is 4.79 Å². The summed E-state index contributed by atoms with van der Waals surface area (Å²) in [6, 6.07) is 6.15. The molecule has 3 aromatic rings. The van der Waals surface area contributed by atoms with Gasteiger partial charge >= 0.3 is 6.09 Å². The van der Waals surface area contributed by atoms with Gasteiger partial charge in [0, 0.05) is 18.2 Å². The van der Waals surface area contributed by atoms with Crippen LogP contribution in [0.2, 0.25) is 0 Å². The summed E-state index contributed by atoms with van der Waals surface area (Å²) in [5, 5.41) is 8.40. The Kier molecular flexibility index (Phi) is 7.43. The van der Waals surface area contributed by atoms with Crippen molar-refractivity contribution < 1.29 is 14.3 Å². The van der Waals surface area contributed by atoms with Gasteiger partial charge in [-0.1, -0.05) is 6.07 Å². The molecule has 1 aromatic carbocycles. The monoisotopic (exact) mass is 508 g/mol. The van der Waals surface area contributed by atoms with E-state index in [0.29, 0.717) is 46.6 Å². The van der Waals surface area contributed by atoms with Gasteiger partial charge in [0.1, 0.15) is 29.7 Å². The van der Waals surface area contributed by atoms with Crippen LogP contribution in [0.3, 0.4) is 0 Å². The molecule has 0 bridgehead atoms. The van der Waals surface area contributed by atoms with Crippen molar-refractivity contribution in [3.63, 3.8) is 0 Å². The lowest BCUT2D eigenvalue weighted by atomic mass is 9.96. The normalized spacial score (nSPS) is 17.2. The summed E-state index contributed by atoms with van der Waals surface area (Å²) in [7, 11) is 5.87. The van der Waals surface area contributed by atoms with E-state index < -0.39 is 6.09 Å². The summed E-state index contributed by atoms with van der Waals surface area (Å²) < 4.78 is 12.9. The summed E-state index contributed by atoms with van der Waals surface area (Å²) in [5.41, 5.74) is 9.01. The lowest BCUT2D eigenvalue weighted by molar-refractivity contribution is 0.0623. The summed E-state index contributed by atoms with van der Waals surface area (Å²) in [5.74, 6) is 0.883. The van der Waals surface area contributed by atoms with Crippen LogP contribution in [0.25, 0.3) is 22.3 Å². The fourth-order valence-corrected chi connectivity index (χ4v) is 5.01. The first kappa shape index (κ1) is 25.2. The zero-order valence-electron chi connectivity index (χ0n) is 21.8. The second-order valence-electron chi connectivity index (χ2n) is 10.1. The van der Waals surface area contributed by atoms with E-state index in [-0.39, 0.29) is 6.10 Å². The van der Waals surface area contributed by atoms with E-state index in [1.54, 1.807) is 13.2 Å². The molecular weight excluding hydrogens is 472 g/mol. The maximum absolute atomic E-state index is 12.3. The van der Waals surface area contributed by atoms with E-state index in [4.69, 9.17) is 20.3 Å². The molecule has 3 heterocycles. The molecular formula is C26H36N8O3. The van der Waals surface area contributed by atoms with Gasteiger partial charge in [-0.05, 0) is 71.4 Å². The molecule has 1 aliphatic heterocycles. The molecule has 198 valence electrons. The van der Waals surface area contributed by atoms with Crippen molar-refractivity contribution in [3.8, 4) is 17.0 Å². The summed E-state index contributed by atoms with van der Waals surface area (Å²) in [6.07, 6.45) is 6.26. The van der Waals surface area contributed by atoms with Crippen LogP contribution in [-0.2, 0) is 11.3 Å². The van der Waals surface area contributed by atoms with E-state index in [1.165, 1.54) is 19.2 Å². The zero-order valence-corrected chi connectivity index (χ0v) is 21.8. The number of carbonyl (C=O) groups is 1. The van der Waals surface area contributed by atoms with Crippen LogP contribution in [-0.4, -0.2) is 88.6 Å². The topological polar surface area (TPSA) is 124 Å². The van der Waals surface area contributed by atoms with Crippen molar-refractivity contribution in [2.45, 2.75) is 50.8 Å². The van der Waals surface area contributed by atoms with Crippen LogP contribution >= 0.6 is 0 Å². The third-order valence-corrected chi connectivity index (χ3v) is 7.51. The van der Waals surface area contributed by atoms with Crippen LogP contribution in [0.4, 0.5) is 16.3 Å². The number of amides is 1. The van der Waals surface area contributed by atoms with Crippen LogP contribution in [0.15, 0.2) is 24.5 Å². The van der Waals surface area contributed by atoms with Crippen LogP contribution in [0.1, 0.15) is 32.1 Å². The molecule has 0 spiro atoms. The smallest absolute Gasteiger partial charge is 0.412 e. The van der Waals surface area contributed by atoms with Gasteiger partial charge in [-0.15, -0.1) is 0 Å². The number of likely N-dealkylation sites (tertiary alicyclic amines) is 1. The third kappa shape index (κ3) is 5.47. The van der Waals surface area contributed by atoms with Gasteiger partial charge in [-0.25, -0.2) is 19.4 Å². The Balaban J connectivity index is 1.36. The Labute approximate surface area is 216 Å². The number of piperidine rings is 1. The van der Waals surface area contributed by atoms with Crippen LogP contribution in [0, 0.1) is 0 Å². The number of carbonyl (C=O) groups excluding carboxylic acids is 1. The quantitative estimate of drug-likeness (QED) is 0.472. The van der Waals surface area contributed by atoms with E-state index in [1.807, 2.05) is 16.8 Å². The second kappa shape index (κ2) is 10.9. The van der Waals surface area contributed by atoms with Gasteiger partial charge in [0.25, 0.3) is 0 Å². The number of aromatic nitrogens is 4. The van der Waals surface area contributed by atoms with Crippen molar-refractivity contribution in [2.75, 3.05) is 51.9 Å². The molecule has 1 saturated carbocycles. The standard InChI is InChI=1S/C26H36N8O3/c1-32(2)18-9-11-33(12-10-18)13-14-34-25-22(24(27)28-16-29-25)23(31-34)17-7-8-20(21(15-17)36-3)30-26(35)37-19-5-4-6-19/h7-8,15-16,18-19H,4-6,9-14H2,1-3H3,(H,30,35)(H2,27,28,29). The third-order valence-electron chi connectivity index (χ3n) is 7.51. The minimum absolute atomic E-state index is 0.00270. The highest BCUT2D eigenvalue weighted by atomic mass is 16.6. The van der Waals surface area contributed by atoms with Gasteiger partial charge in [-0.3, -0.25) is 5.32 Å². The highest BCUT2D eigenvalue weighted by Crippen LogP contribution is 2.35. The van der Waals surface area contributed by atoms with Gasteiger partial charge < -0.3 is 25.0 Å². The number of ether oxygens (including phenoxy) is 2. The predicted molar refractivity (Wildman–Crippen MR) is 143 cm³/mol. The molecule has 2 aromatic heterocycles. The predicted octanol–water partition coefficient (Wildman–Crippen LogP) is 3.21. The number of nitrogen functional groups attached to an aromatic ring is 1. The number of rotatable bonds is 8. The van der Waals surface area contributed by atoms with Crippen molar-refractivity contribution in [2.24, 2.45) is 0 Å². The number of methoxy groups -OCH3 is 1. The van der Waals surface area contributed by atoms with E-state index in [0.717, 1.165) is 44.5 Å². The zero-order chi connectivity index (χ0) is 25.9. The number of benzene rings is 1. The fourth-order valence-electron chi connectivity index (χ4n) is 5.01. The number of anilines is 2. The van der Waals surface area contributed by atoms with Gasteiger partial charge in [0.05, 0.1) is 24.7 Å². The fraction of sp³-hybridized carbons (Fsp3) is 0.538. The van der Waals surface area contributed by atoms with E-state index in [2.05, 4.69) is 39.2 Å². The SMILES string of the molecule is COc1cc(-c2nn(CCN3CCC(N(C)C)CC3)c3ncnc(N)c23)ccc1NC(=O)OC1CCC1. The van der Waals surface area contributed by atoms with E-state index >= 15 is 0 Å². The van der Waals surface area contributed by atoms with Crippen molar-refractivity contribution in [1.82, 2.24) is 29.5 Å². The molecule has 11 nitrogen and oxygen atoms in total. The number of fused-ring (bicyclic) bond motifs is 1. The van der Waals surface area contributed by atoms with Gasteiger partial charge in [0.15, 0.2) is 5.65 Å². The lowest BCUT2D eigenvalue weighted by Crippen LogP contribution is -2.42. The first-order valence-corrected chi connectivity index (χ1v) is 12.9. The number of hydrogen-bond acceptors (Lipinski definition) is 9. The molecule has 0 radical (unpaired) electrons. The summed E-state index contributed by atoms with van der Waals surface area (Å²) >= 11 is 0. The molecule has 3 N–H and O–H groups in total. The molecule has 1 aliphatic carbocycles. The number of hydrogen-bond donors (Lipinski definition) is 2. The highest BCUT2D eigenvalue weighted by molar-refractivity contribution is 5.99. The maximum Gasteiger partial charge on any atom is 0.412 e. The largest absolute Gasteiger partial charge is 0.495 e. The summed E-state index contributed by atoms with van der Waals surface area (Å²) in [4.78, 5) is 25.8. The number of nitrogens with one attached hydrogen (secondary N) is 1. The van der Waals surface area contributed by atoms with Crippen molar-refractivity contribution in [3.05, 3.63) is 24.5 Å². The molecule has 37 heavy (non-hydrogen) atoms. The minimum Gasteiger partial charge on any atom is -0.495 e. The molecule has 0 unspecified atom stereocenters. The molecule has 0 atom stereocenters.